The summed E-state index contributed by atoms with van der Waals surface area (Å²) >= 11 is 3.43. The van der Waals surface area contributed by atoms with Crippen LogP contribution in [0.4, 0.5) is 0 Å². The van der Waals surface area contributed by atoms with E-state index in [0.29, 0.717) is 0 Å². The highest BCUT2D eigenvalue weighted by molar-refractivity contribution is 9.08. The Labute approximate surface area is 98.1 Å². The molecule has 80 valence electrons. The van der Waals surface area contributed by atoms with Gasteiger partial charge in [-0.25, -0.2) is 4.79 Å². The summed E-state index contributed by atoms with van der Waals surface area (Å²) in [6.07, 6.45) is 4.01. The van der Waals surface area contributed by atoms with Crippen molar-refractivity contribution in [3.05, 3.63) is 47.5 Å². The van der Waals surface area contributed by atoms with Gasteiger partial charge in [0.2, 0.25) is 0 Å². The minimum atomic E-state index is -0.314. The fourth-order valence-electron chi connectivity index (χ4n) is 1.24. The Hall–Kier alpha value is -1.09. The van der Waals surface area contributed by atoms with Crippen molar-refractivity contribution in [2.24, 2.45) is 0 Å². The van der Waals surface area contributed by atoms with Crippen LogP contribution in [0.5, 0.6) is 0 Å². The van der Waals surface area contributed by atoms with Gasteiger partial charge < -0.3 is 4.74 Å². The van der Waals surface area contributed by atoms with E-state index >= 15 is 0 Å². The lowest BCUT2D eigenvalue weighted by molar-refractivity contribution is -0.134. The van der Waals surface area contributed by atoms with Gasteiger partial charge in [-0.05, 0) is 17.5 Å². The smallest absolute Gasteiger partial charge is 0.330 e. The van der Waals surface area contributed by atoms with Gasteiger partial charge in [0.1, 0.15) is 0 Å². The van der Waals surface area contributed by atoms with Gasteiger partial charge in [0.05, 0.1) is 7.11 Å². The predicted octanol–water partition coefficient (Wildman–Crippen LogP) is 2.85. The second kappa shape index (κ2) is 6.40. The molecule has 3 heteroatoms. The zero-order valence-corrected chi connectivity index (χ0v) is 10.2. The lowest BCUT2D eigenvalue weighted by atomic mass is 10.1. The lowest BCUT2D eigenvalue weighted by Crippen LogP contribution is -1.95. The first-order valence-corrected chi connectivity index (χ1v) is 5.77. The summed E-state index contributed by atoms with van der Waals surface area (Å²) in [5.41, 5.74) is 2.46. The van der Waals surface area contributed by atoms with Crippen molar-refractivity contribution in [3.8, 4) is 0 Å². The lowest BCUT2D eigenvalue weighted by Gasteiger charge is -2.03. The molecule has 1 aromatic rings. The molecule has 0 aliphatic heterocycles. The first-order valence-electron chi connectivity index (χ1n) is 4.65. The molecule has 0 saturated carbocycles. The van der Waals surface area contributed by atoms with Crippen molar-refractivity contribution in [1.29, 1.82) is 0 Å². The summed E-state index contributed by atoms with van der Waals surface area (Å²) in [4.78, 5) is 10.8. The van der Waals surface area contributed by atoms with Gasteiger partial charge in [0, 0.05) is 11.4 Å². The Kier molecular flexibility index (Phi) is 5.12. The number of alkyl halides is 1. The van der Waals surface area contributed by atoms with E-state index in [1.54, 1.807) is 0 Å². The molecule has 0 aromatic heterocycles. The molecule has 2 nitrogen and oxygen atoms in total. The van der Waals surface area contributed by atoms with Gasteiger partial charge in [0.25, 0.3) is 0 Å². The summed E-state index contributed by atoms with van der Waals surface area (Å²) < 4.78 is 4.51. The van der Waals surface area contributed by atoms with Gasteiger partial charge >= 0.3 is 5.97 Å². The van der Waals surface area contributed by atoms with Crippen LogP contribution < -0.4 is 0 Å². The predicted molar refractivity (Wildman–Crippen MR) is 63.9 cm³/mol. The Balaban J connectivity index is 2.64. The minimum absolute atomic E-state index is 0.314. The normalized spacial score (nSPS) is 10.5. The van der Waals surface area contributed by atoms with E-state index in [2.05, 4.69) is 32.8 Å². The number of hydrogen-bond acceptors (Lipinski definition) is 2. The van der Waals surface area contributed by atoms with Crippen molar-refractivity contribution >= 4 is 21.9 Å². The van der Waals surface area contributed by atoms with Crippen LogP contribution in [-0.4, -0.2) is 13.1 Å². The quantitative estimate of drug-likeness (QED) is 0.477. The summed E-state index contributed by atoms with van der Waals surface area (Å²) in [5, 5.41) is 0.829. The van der Waals surface area contributed by atoms with Crippen molar-refractivity contribution < 1.29 is 9.53 Å². The first-order chi connectivity index (χ1) is 7.27. The monoisotopic (exact) mass is 268 g/mol. The standard InChI is InChI=1S/C12H13BrO2/c1-15-12(14)8-4-7-10-5-2-3-6-11(10)9-13/h2-6,8H,7,9H2,1H3/b8-4+. The van der Waals surface area contributed by atoms with Crippen molar-refractivity contribution in [2.75, 3.05) is 7.11 Å². The Morgan fingerprint density at radius 1 is 1.40 bits per heavy atom. The maximum atomic E-state index is 10.8. The second-order valence-electron chi connectivity index (χ2n) is 3.03. The van der Waals surface area contributed by atoms with E-state index in [1.165, 1.54) is 24.3 Å². The molecule has 0 bridgehead atoms. The topological polar surface area (TPSA) is 26.3 Å². The molecule has 0 unspecified atom stereocenters. The SMILES string of the molecule is COC(=O)/C=C/Cc1ccccc1CBr. The molecule has 0 heterocycles. The summed E-state index contributed by atoms with van der Waals surface area (Å²) in [7, 11) is 1.37. The van der Waals surface area contributed by atoms with Crippen LogP contribution in [0.1, 0.15) is 11.1 Å². The van der Waals surface area contributed by atoms with E-state index in [4.69, 9.17) is 0 Å². The van der Waals surface area contributed by atoms with Gasteiger partial charge in [-0.3, -0.25) is 0 Å². The largest absolute Gasteiger partial charge is 0.466 e. The fourth-order valence-corrected chi connectivity index (χ4v) is 1.78. The molecule has 0 aliphatic rings. The zero-order chi connectivity index (χ0) is 11.1. The maximum Gasteiger partial charge on any atom is 0.330 e. The molecule has 0 saturated heterocycles. The Morgan fingerprint density at radius 3 is 2.67 bits per heavy atom. The minimum Gasteiger partial charge on any atom is -0.466 e. The van der Waals surface area contributed by atoms with Crippen LogP contribution in [0.15, 0.2) is 36.4 Å². The summed E-state index contributed by atoms with van der Waals surface area (Å²) in [5.74, 6) is -0.314. The van der Waals surface area contributed by atoms with Crippen LogP contribution in [-0.2, 0) is 21.3 Å². The molecule has 0 N–H and O–H groups in total. The molecule has 15 heavy (non-hydrogen) atoms. The molecule has 0 radical (unpaired) electrons. The van der Waals surface area contributed by atoms with E-state index in [9.17, 15) is 4.79 Å². The van der Waals surface area contributed by atoms with E-state index in [0.717, 1.165) is 11.8 Å². The number of rotatable bonds is 4. The van der Waals surface area contributed by atoms with Crippen LogP contribution in [0, 0.1) is 0 Å². The molecule has 0 amide bonds. The van der Waals surface area contributed by atoms with Crippen molar-refractivity contribution in [2.45, 2.75) is 11.8 Å². The van der Waals surface area contributed by atoms with Crippen LogP contribution in [0.2, 0.25) is 0 Å². The number of carbonyl (C=O) groups excluding carboxylic acids is 1. The highest BCUT2D eigenvalue weighted by Crippen LogP contribution is 2.13. The number of hydrogen-bond donors (Lipinski definition) is 0. The molecular formula is C12H13BrO2. The summed E-state index contributed by atoms with van der Waals surface area (Å²) in [6.45, 7) is 0. The Morgan fingerprint density at radius 2 is 2.07 bits per heavy atom. The van der Waals surface area contributed by atoms with E-state index in [1.807, 2.05) is 18.2 Å². The van der Waals surface area contributed by atoms with Gasteiger partial charge in [0.15, 0.2) is 0 Å². The van der Waals surface area contributed by atoms with Crippen molar-refractivity contribution in [1.82, 2.24) is 0 Å². The van der Waals surface area contributed by atoms with Gasteiger partial charge in [-0.2, -0.15) is 0 Å². The molecule has 0 spiro atoms. The van der Waals surface area contributed by atoms with E-state index < -0.39 is 0 Å². The highest BCUT2D eigenvalue weighted by Gasteiger charge is 1.98. The highest BCUT2D eigenvalue weighted by atomic mass is 79.9. The third-order valence-corrected chi connectivity index (χ3v) is 2.66. The fraction of sp³-hybridized carbons (Fsp3) is 0.250. The van der Waals surface area contributed by atoms with Crippen molar-refractivity contribution in [3.63, 3.8) is 0 Å². The number of ether oxygens (including phenoxy) is 1. The van der Waals surface area contributed by atoms with Gasteiger partial charge in [-0.15, -0.1) is 0 Å². The number of halogens is 1. The molecule has 0 aliphatic carbocycles. The first kappa shape index (κ1) is 12.0. The molecule has 1 rings (SSSR count). The third-order valence-electron chi connectivity index (χ3n) is 2.06. The third kappa shape index (κ3) is 3.88. The van der Waals surface area contributed by atoms with Gasteiger partial charge in [-0.1, -0.05) is 46.3 Å². The number of carbonyl (C=O) groups is 1. The molecule has 0 atom stereocenters. The average molecular weight is 269 g/mol. The van der Waals surface area contributed by atoms with E-state index in [-0.39, 0.29) is 5.97 Å². The molecule has 0 fully saturated rings. The average Bonchev–Trinajstić information content (AvgIpc) is 2.29. The number of esters is 1. The van der Waals surface area contributed by atoms with Crippen LogP contribution in [0.3, 0.4) is 0 Å². The van der Waals surface area contributed by atoms with Crippen LogP contribution in [0.25, 0.3) is 0 Å². The number of methoxy groups -OCH3 is 1. The number of allylic oxidation sites excluding steroid dienone is 1. The maximum absolute atomic E-state index is 10.8. The number of benzene rings is 1. The second-order valence-corrected chi connectivity index (χ2v) is 3.59. The summed E-state index contributed by atoms with van der Waals surface area (Å²) in [6, 6.07) is 8.12. The Bertz CT molecular complexity index is 358. The molecule has 1 aromatic carbocycles. The van der Waals surface area contributed by atoms with Crippen LogP contribution >= 0.6 is 15.9 Å². The molecular weight excluding hydrogens is 256 g/mol. The zero-order valence-electron chi connectivity index (χ0n) is 8.57.